The van der Waals surface area contributed by atoms with Crippen LogP contribution in [0.15, 0.2) is 72.8 Å². The minimum atomic E-state index is -0.171. The number of aryl methyl sites for hydroxylation is 1. The highest BCUT2D eigenvalue weighted by Crippen LogP contribution is 2.18. The molecule has 0 aromatic heterocycles. The third kappa shape index (κ3) is 6.89. The molecular weight excluding hydrogens is 390 g/mol. The first kappa shape index (κ1) is 21.9. The van der Waals surface area contributed by atoms with Crippen LogP contribution in [0.1, 0.15) is 29.3 Å². The Morgan fingerprint density at radius 3 is 2.26 bits per heavy atom. The van der Waals surface area contributed by atoms with Gasteiger partial charge in [0.05, 0.1) is 13.2 Å². The van der Waals surface area contributed by atoms with Crippen molar-refractivity contribution in [2.24, 2.45) is 0 Å². The fraction of sp³-hybridized carbons (Fsp3) is 0.200. The molecule has 3 rings (SSSR count). The monoisotopic (exact) mass is 417 g/mol. The molecule has 0 aliphatic carbocycles. The molecule has 0 aliphatic rings. The Morgan fingerprint density at radius 2 is 1.55 bits per heavy atom. The number of anilines is 3. The largest absolute Gasteiger partial charge is 0.494 e. The lowest BCUT2D eigenvalue weighted by atomic mass is 10.1. The van der Waals surface area contributed by atoms with E-state index >= 15 is 0 Å². The second-order valence-corrected chi connectivity index (χ2v) is 7.18. The lowest BCUT2D eigenvalue weighted by Crippen LogP contribution is -2.21. The number of carbonyl (C=O) groups is 2. The molecule has 31 heavy (non-hydrogen) atoms. The first-order chi connectivity index (χ1) is 15.0. The van der Waals surface area contributed by atoms with Gasteiger partial charge in [-0.25, -0.2) is 0 Å². The van der Waals surface area contributed by atoms with Crippen LogP contribution in [0.2, 0.25) is 0 Å². The minimum absolute atomic E-state index is 0.128. The summed E-state index contributed by atoms with van der Waals surface area (Å²) in [5.41, 5.74) is 3.76. The first-order valence-corrected chi connectivity index (χ1v) is 10.3. The van der Waals surface area contributed by atoms with E-state index in [1.807, 2.05) is 49.4 Å². The molecule has 6 heteroatoms. The predicted octanol–water partition coefficient (Wildman–Crippen LogP) is 5.09. The van der Waals surface area contributed by atoms with Crippen LogP contribution in [0.4, 0.5) is 17.1 Å². The average molecular weight is 418 g/mol. The van der Waals surface area contributed by atoms with Crippen molar-refractivity contribution in [1.29, 1.82) is 0 Å². The fourth-order valence-corrected chi connectivity index (χ4v) is 2.93. The fourth-order valence-electron chi connectivity index (χ4n) is 2.93. The Labute approximate surface area is 182 Å². The van der Waals surface area contributed by atoms with E-state index in [-0.39, 0.29) is 18.4 Å². The van der Waals surface area contributed by atoms with E-state index in [1.54, 1.807) is 30.3 Å². The lowest BCUT2D eigenvalue weighted by molar-refractivity contribution is -0.114. The highest BCUT2D eigenvalue weighted by molar-refractivity contribution is 6.04. The second-order valence-electron chi connectivity index (χ2n) is 7.18. The number of amides is 2. The molecule has 0 spiro atoms. The van der Waals surface area contributed by atoms with Crippen molar-refractivity contribution in [1.82, 2.24) is 0 Å². The van der Waals surface area contributed by atoms with Gasteiger partial charge in [-0.1, -0.05) is 30.7 Å². The number of rotatable bonds is 9. The molecule has 0 bridgehead atoms. The number of benzene rings is 3. The summed E-state index contributed by atoms with van der Waals surface area (Å²) in [5.74, 6) is 0.432. The molecule has 3 aromatic rings. The van der Waals surface area contributed by atoms with Crippen LogP contribution in [0.25, 0.3) is 0 Å². The van der Waals surface area contributed by atoms with E-state index in [0.29, 0.717) is 23.5 Å². The van der Waals surface area contributed by atoms with Gasteiger partial charge in [-0.15, -0.1) is 0 Å². The van der Waals surface area contributed by atoms with Crippen LogP contribution in [-0.2, 0) is 4.79 Å². The molecule has 2 amide bonds. The molecule has 0 aliphatic heterocycles. The topological polar surface area (TPSA) is 79.5 Å². The minimum Gasteiger partial charge on any atom is -0.494 e. The van der Waals surface area contributed by atoms with Gasteiger partial charge in [-0.3, -0.25) is 9.59 Å². The van der Waals surface area contributed by atoms with Crippen molar-refractivity contribution in [2.75, 3.05) is 29.1 Å². The summed E-state index contributed by atoms with van der Waals surface area (Å²) >= 11 is 0. The summed E-state index contributed by atoms with van der Waals surface area (Å²) in [7, 11) is 0. The molecule has 0 saturated heterocycles. The number of nitrogens with one attached hydrogen (secondary N) is 3. The average Bonchev–Trinajstić information content (AvgIpc) is 2.78. The Bertz CT molecular complexity index is 1030. The van der Waals surface area contributed by atoms with E-state index in [1.165, 1.54) is 0 Å². The van der Waals surface area contributed by atoms with Gasteiger partial charge in [0.15, 0.2) is 0 Å². The molecule has 0 unspecified atom stereocenters. The van der Waals surface area contributed by atoms with E-state index in [9.17, 15) is 9.59 Å². The molecule has 0 atom stereocenters. The van der Waals surface area contributed by atoms with Crippen molar-refractivity contribution < 1.29 is 14.3 Å². The molecule has 0 saturated carbocycles. The van der Waals surface area contributed by atoms with Crippen molar-refractivity contribution in [3.63, 3.8) is 0 Å². The molecule has 0 fully saturated rings. The zero-order valence-electron chi connectivity index (χ0n) is 17.8. The lowest BCUT2D eigenvalue weighted by Gasteiger charge is -2.11. The summed E-state index contributed by atoms with van der Waals surface area (Å²) in [5, 5.41) is 8.78. The van der Waals surface area contributed by atoms with Crippen molar-refractivity contribution >= 4 is 28.9 Å². The molecule has 0 radical (unpaired) electrons. The third-order valence-corrected chi connectivity index (χ3v) is 4.47. The van der Waals surface area contributed by atoms with Gasteiger partial charge in [-0.05, 0) is 61.9 Å². The Balaban J connectivity index is 1.49. The second kappa shape index (κ2) is 10.8. The Morgan fingerprint density at radius 1 is 0.839 bits per heavy atom. The standard InChI is InChI=1S/C25H27N3O3/c1-3-14-31-23-9-5-8-22(16-23)26-17-24(29)27-20-10-12-21(13-11-20)28-25(30)19-7-4-6-18(2)15-19/h4-13,15-16,26H,3,14,17H2,1-2H3,(H,27,29)(H,28,30). The van der Waals surface area contributed by atoms with E-state index in [4.69, 9.17) is 4.74 Å². The smallest absolute Gasteiger partial charge is 0.255 e. The third-order valence-electron chi connectivity index (χ3n) is 4.47. The molecule has 3 N–H and O–H groups in total. The van der Waals surface area contributed by atoms with Crippen LogP contribution >= 0.6 is 0 Å². The summed E-state index contributed by atoms with van der Waals surface area (Å²) < 4.78 is 5.60. The molecule has 0 heterocycles. The van der Waals surface area contributed by atoms with Crippen molar-refractivity contribution in [2.45, 2.75) is 20.3 Å². The van der Waals surface area contributed by atoms with Crippen molar-refractivity contribution in [3.05, 3.63) is 83.9 Å². The van der Waals surface area contributed by atoms with Gasteiger partial charge in [0, 0.05) is 28.7 Å². The molecule has 160 valence electrons. The van der Waals surface area contributed by atoms with Gasteiger partial charge in [0.1, 0.15) is 5.75 Å². The number of ether oxygens (including phenoxy) is 1. The summed E-state index contributed by atoms with van der Waals surface area (Å²) in [6, 6.07) is 22.0. The van der Waals surface area contributed by atoms with E-state index < -0.39 is 0 Å². The van der Waals surface area contributed by atoms with Gasteiger partial charge >= 0.3 is 0 Å². The van der Waals surface area contributed by atoms with Crippen LogP contribution < -0.4 is 20.7 Å². The maximum atomic E-state index is 12.3. The number of carbonyl (C=O) groups excluding carboxylic acids is 2. The summed E-state index contributed by atoms with van der Waals surface area (Å²) in [6.07, 6.45) is 0.939. The predicted molar refractivity (Wildman–Crippen MR) is 125 cm³/mol. The van der Waals surface area contributed by atoms with Crippen LogP contribution in [0.5, 0.6) is 5.75 Å². The maximum absolute atomic E-state index is 12.3. The van der Waals surface area contributed by atoms with Gasteiger partial charge in [0.2, 0.25) is 5.91 Å². The quantitative estimate of drug-likeness (QED) is 0.453. The van der Waals surface area contributed by atoms with Gasteiger partial charge in [-0.2, -0.15) is 0 Å². The Hall–Kier alpha value is -3.80. The summed E-state index contributed by atoms with van der Waals surface area (Å²) in [4.78, 5) is 24.6. The van der Waals surface area contributed by atoms with Crippen LogP contribution in [0.3, 0.4) is 0 Å². The molecule has 6 nitrogen and oxygen atoms in total. The summed E-state index contributed by atoms with van der Waals surface area (Å²) in [6.45, 7) is 4.78. The van der Waals surface area contributed by atoms with Gasteiger partial charge in [0.25, 0.3) is 5.91 Å². The zero-order valence-corrected chi connectivity index (χ0v) is 17.8. The van der Waals surface area contributed by atoms with Crippen LogP contribution in [0, 0.1) is 6.92 Å². The van der Waals surface area contributed by atoms with Crippen LogP contribution in [-0.4, -0.2) is 25.0 Å². The zero-order chi connectivity index (χ0) is 22.1. The van der Waals surface area contributed by atoms with E-state index in [2.05, 4.69) is 22.9 Å². The number of hydrogen-bond acceptors (Lipinski definition) is 4. The van der Waals surface area contributed by atoms with E-state index in [0.717, 1.165) is 23.4 Å². The van der Waals surface area contributed by atoms with Gasteiger partial charge < -0.3 is 20.7 Å². The normalized spacial score (nSPS) is 10.3. The molecular formula is C25H27N3O3. The number of hydrogen-bond donors (Lipinski definition) is 3. The SMILES string of the molecule is CCCOc1cccc(NCC(=O)Nc2ccc(NC(=O)c3cccc(C)c3)cc2)c1. The molecule has 3 aromatic carbocycles. The Kier molecular flexibility index (Phi) is 7.65. The highest BCUT2D eigenvalue weighted by atomic mass is 16.5. The first-order valence-electron chi connectivity index (χ1n) is 10.3. The maximum Gasteiger partial charge on any atom is 0.255 e. The van der Waals surface area contributed by atoms with Crippen molar-refractivity contribution in [3.8, 4) is 5.75 Å². The highest BCUT2D eigenvalue weighted by Gasteiger charge is 2.07.